The Morgan fingerprint density at radius 1 is 1.30 bits per heavy atom. The minimum Gasteiger partial charge on any atom is -0.480 e. The Labute approximate surface area is 119 Å². The van der Waals surface area contributed by atoms with Crippen LogP contribution in [0, 0.1) is 0 Å². The molecule has 2 N–H and O–H groups in total. The Bertz CT molecular complexity index is 333. The van der Waals surface area contributed by atoms with Crippen molar-refractivity contribution in [2.75, 3.05) is 26.8 Å². The molecule has 0 saturated heterocycles. The number of carboxylic acids is 1. The largest absolute Gasteiger partial charge is 0.480 e. The van der Waals surface area contributed by atoms with Crippen molar-refractivity contribution in [2.24, 2.45) is 0 Å². The lowest BCUT2D eigenvalue weighted by Crippen LogP contribution is -2.46. The molecule has 0 fully saturated rings. The molecule has 0 rings (SSSR count). The van der Waals surface area contributed by atoms with Crippen LogP contribution in [0.5, 0.6) is 0 Å². The summed E-state index contributed by atoms with van der Waals surface area (Å²) in [7, 11) is 1.59. The first-order chi connectivity index (χ1) is 9.40. The van der Waals surface area contributed by atoms with Crippen LogP contribution >= 0.6 is 0 Å². The number of hydrogen-bond donors (Lipinski definition) is 2. The number of carbonyl (C=O) groups is 3. The first kappa shape index (κ1) is 18.4. The summed E-state index contributed by atoms with van der Waals surface area (Å²) in [5.41, 5.74) is 0. The number of carbonyl (C=O) groups excluding carboxylic acids is 2. The van der Waals surface area contributed by atoms with Gasteiger partial charge in [-0.1, -0.05) is 0 Å². The van der Waals surface area contributed by atoms with E-state index in [0.717, 1.165) is 6.42 Å². The van der Waals surface area contributed by atoms with Crippen molar-refractivity contribution in [3.63, 3.8) is 0 Å². The highest BCUT2D eigenvalue weighted by molar-refractivity contribution is 5.83. The van der Waals surface area contributed by atoms with Crippen LogP contribution in [0.2, 0.25) is 0 Å². The first-order valence-electron chi connectivity index (χ1n) is 6.65. The number of nitrogens with one attached hydrogen (secondary N) is 1. The van der Waals surface area contributed by atoms with E-state index in [0.29, 0.717) is 13.0 Å². The van der Waals surface area contributed by atoms with E-state index < -0.39 is 12.0 Å². The highest BCUT2D eigenvalue weighted by Crippen LogP contribution is 2.06. The molecule has 0 radical (unpaired) electrons. The van der Waals surface area contributed by atoms with E-state index in [1.807, 2.05) is 0 Å². The van der Waals surface area contributed by atoms with E-state index in [2.05, 4.69) is 5.32 Å². The Morgan fingerprint density at radius 3 is 2.45 bits per heavy atom. The molecule has 2 amide bonds. The Balaban J connectivity index is 4.38. The number of rotatable bonds is 10. The third kappa shape index (κ3) is 7.73. The van der Waals surface area contributed by atoms with Crippen molar-refractivity contribution in [3.8, 4) is 0 Å². The fourth-order valence-corrected chi connectivity index (χ4v) is 1.69. The fraction of sp³-hybridized carbons (Fsp3) is 0.769. The van der Waals surface area contributed by atoms with Gasteiger partial charge in [0.1, 0.15) is 6.04 Å². The highest BCUT2D eigenvalue weighted by Gasteiger charge is 2.24. The standard InChI is InChI=1S/C13H24N2O5/c1-10(13(18)19)15(8-7-14-11(2)16)12(17)6-4-5-9-20-3/h10H,4-9H2,1-3H3,(H,14,16)(H,18,19). The SMILES string of the molecule is COCCCCC(=O)N(CCNC(C)=O)C(C)C(=O)O. The average Bonchev–Trinajstić information content (AvgIpc) is 2.38. The monoisotopic (exact) mass is 288 g/mol. The lowest BCUT2D eigenvalue weighted by molar-refractivity contribution is -0.149. The number of aliphatic carboxylic acids is 1. The minimum absolute atomic E-state index is 0.191. The molecule has 1 atom stereocenters. The van der Waals surface area contributed by atoms with Gasteiger partial charge in [-0.15, -0.1) is 0 Å². The summed E-state index contributed by atoms with van der Waals surface area (Å²) >= 11 is 0. The van der Waals surface area contributed by atoms with Crippen LogP contribution in [0.1, 0.15) is 33.1 Å². The van der Waals surface area contributed by atoms with Gasteiger partial charge in [-0.05, 0) is 19.8 Å². The van der Waals surface area contributed by atoms with Gasteiger partial charge in [0.05, 0.1) is 0 Å². The van der Waals surface area contributed by atoms with E-state index in [9.17, 15) is 14.4 Å². The van der Waals surface area contributed by atoms with E-state index >= 15 is 0 Å². The van der Waals surface area contributed by atoms with Gasteiger partial charge >= 0.3 is 5.97 Å². The summed E-state index contributed by atoms with van der Waals surface area (Å²) in [4.78, 5) is 35.1. The molecular weight excluding hydrogens is 264 g/mol. The number of amides is 2. The molecule has 0 aromatic heterocycles. The predicted molar refractivity (Wildman–Crippen MR) is 73.2 cm³/mol. The zero-order valence-corrected chi connectivity index (χ0v) is 12.3. The molecule has 0 spiro atoms. The summed E-state index contributed by atoms with van der Waals surface area (Å²) in [6.07, 6.45) is 1.68. The van der Waals surface area contributed by atoms with Crippen molar-refractivity contribution in [1.29, 1.82) is 0 Å². The lowest BCUT2D eigenvalue weighted by atomic mass is 10.2. The molecule has 7 nitrogen and oxygen atoms in total. The van der Waals surface area contributed by atoms with E-state index in [1.54, 1.807) is 7.11 Å². The maximum atomic E-state index is 12.0. The quantitative estimate of drug-likeness (QED) is 0.561. The third-order valence-electron chi connectivity index (χ3n) is 2.86. The number of unbranched alkanes of at least 4 members (excludes halogenated alkanes) is 1. The molecule has 0 aliphatic heterocycles. The van der Waals surface area contributed by atoms with Crippen molar-refractivity contribution in [3.05, 3.63) is 0 Å². The highest BCUT2D eigenvalue weighted by atomic mass is 16.5. The number of nitrogens with zero attached hydrogens (tertiary/aromatic N) is 1. The lowest BCUT2D eigenvalue weighted by Gasteiger charge is -2.26. The molecule has 0 aromatic rings. The molecule has 0 heterocycles. The average molecular weight is 288 g/mol. The van der Waals surface area contributed by atoms with Gasteiger partial charge in [0.25, 0.3) is 0 Å². The summed E-state index contributed by atoms with van der Waals surface area (Å²) in [6, 6.07) is -0.904. The van der Waals surface area contributed by atoms with Crippen LogP contribution in [0.25, 0.3) is 0 Å². The molecule has 0 aliphatic carbocycles. The van der Waals surface area contributed by atoms with E-state index in [4.69, 9.17) is 9.84 Å². The number of ether oxygens (including phenoxy) is 1. The third-order valence-corrected chi connectivity index (χ3v) is 2.86. The van der Waals surface area contributed by atoms with Crippen molar-refractivity contribution < 1.29 is 24.2 Å². The molecule has 0 aromatic carbocycles. The maximum absolute atomic E-state index is 12.0. The Hall–Kier alpha value is -1.63. The first-order valence-corrected chi connectivity index (χ1v) is 6.65. The van der Waals surface area contributed by atoms with Crippen molar-refractivity contribution in [1.82, 2.24) is 10.2 Å². The molecule has 116 valence electrons. The second kappa shape index (κ2) is 10.2. The van der Waals surface area contributed by atoms with Gasteiger partial charge < -0.3 is 20.1 Å². The van der Waals surface area contributed by atoms with Crippen LogP contribution in [0.4, 0.5) is 0 Å². The van der Waals surface area contributed by atoms with E-state index in [1.165, 1.54) is 18.7 Å². The Kier molecular flexibility index (Phi) is 9.36. The zero-order chi connectivity index (χ0) is 15.5. The van der Waals surface area contributed by atoms with Crippen LogP contribution in [-0.4, -0.2) is 60.6 Å². The molecule has 1 unspecified atom stereocenters. The normalized spacial score (nSPS) is 11.8. The van der Waals surface area contributed by atoms with Crippen molar-refractivity contribution in [2.45, 2.75) is 39.2 Å². The van der Waals surface area contributed by atoms with Gasteiger partial charge in [0.15, 0.2) is 0 Å². The summed E-state index contributed by atoms with van der Waals surface area (Å²) in [5, 5.41) is 11.6. The predicted octanol–water partition coefficient (Wildman–Crippen LogP) is 0.241. The molecule has 0 bridgehead atoms. The fourth-order valence-electron chi connectivity index (χ4n) is 1.69. The second-order valence-electron chi connectivity index (χ2n) is 4.53. The smallest absolute Gasteiger partial charge is 0.326 e. The molecular formula is C13H24N2O5. The van der Waals surface area contributed by atoms with Crippen LogP contribution in [0.3, 0.4) is 0 Å². The second-order valence-corrected chi connectivity index (χ2v) is 4.53. The van der Waals surface area contributed by atoms with Crippen LogP contribution < -0.4 is 5.32 Å². The maximum Gasteiger partial charge on any atom is 0.326 e. The van der Waals surface area contributed by atoms with Crippen molar-refractivity contribution >= 4 is 17.8 Å². The molecule has 0 aliphatic rings. The summed E-state index contributed by atoms with van der Waals surface area (Å²) in [5.74, 6) is -1.49. The number of carboxylic acid groups (broad SMARTS) is 1. The zero-order valence-electron chi connectivity index (χ0n) is 12.3. The molecule has 20 heavy (non-hydrogen) atoms. The molecule has 0 saturated carbocycles. The van der Waals surface area contributed by atoms with Crippen LogP contribution in [0.15, 0.2) is 0 Å². The Morgan fingerprint density at radius 2 is 1.95 bits per heavy atom. The van der Waals surface area contributed by atoms with Crippen LogP contribution in [-0.2, 0) is 19.1 Å². The van der Waals surface area contributed by atoms with Gasteiger partial charge in [-0.3, -0.25) is 9.59 Å². The minimum atomic E-state index is -1.06. The van der Waals surface area contributed by atoms with Gasteiger partial charge in [-0.2, -0.15) is 0 Å². The topological polar surface area (TPSA) is 95.9 Å². The molecule has 7 heteroatoms. The summed E-state index contributed by atoms with van der Waals surface area (Å²) < 4.78 is 4.89. The van der Waals surface area contributed by atoms with Gasteiger partial charge in [-0.25, -0.2) is 4.79 Å². The summed E-state index contributed by atoms with van der Waals surface area (Å²) in [6.45, 7) is 3.85. The number of methoxy groups -OCH3 is 1. The van der Waals surface area contributed by atoms with E-state index in [-0.39, 0.29) is 31.3 Å². The van der Waals surface area contributed by atoms with Gasteiger partial charge in [0, 0.05) is 40.2 Å². The number of hydrogen-bond acceptors (Lipinski definition) is 4. The van der Waals surface area contributed by atoms with Gasteiger partial charge in [0.2, 0.25) is 11.8 Å².